The smallest absolute Gasteiger partial charge is 0.120 e. The number of fused-ring (bicyclic) bond motifs is 1. The van der Waals surface area contributed by atoms with Crippen molar-refractivity contribution in [1.29, 1.82) is 0 Å². The van der Waals surface area contributed by atoms with Crippen molar-refractivity contribution in [1.82, 2.24) is 0 Å². The van der Waals surface area contributed by atoms with Crippen LogP contribution in [0.3, 0.4) is 0 Å². The molecule has 2 heteroatoms. The molecule has 2 atom stereocenters. The Hall–Kier alpha value is -0.500. The summed E-state index contributed by atoms with van der Waals surface area (Å²) in [4.78, 5) is 4.80. The first kappa shape index (κ1) is 8.11. The highest BCUT2D eigenvalue weighted by Crippen LogP contribution is 2.39. The minimum Gasteiger partial charge on any atom is -0.416 e. The van der Waals surface area contributed by atoms with Gasteiger partial charge in [0.25, 0.3) is 0 Å². The van der Waals surface area contributed by atoms with Crippen molar-refractivity contribution >= 4 is 0 Å². The zero-order valence-corrected chi connectivity index (χ0v) is 7.46. The van der Waals surface area contributed by atoms with Crippen LogP contribution in [0.2, 0.25) is 0 Å². The fraction of sp³-hybridized carbons (Fsp3) is 0.800. The van der Waals surface area contributed by atoms with Crippen molar-refractivity contribution in [2.24, 2.45) is 17.7 Å². The summed E-state index contributed by atoms with van der Waals surface area (Å²) in [6.07, 6.45) is 10.1. The lowest BCUT2D eigenvalue weighted by Crippen LogP contribution is -2.24. The summed E-state index contributed by atoms with van der Waals surface area (Å²) < 4.78 is 0. The van der Waals surface area contributed by atoms with Crippen LogP contribution in [0.1, 0.15) is 38.5 Å². The normalized spacial score (nSPS) is 35.2. The third kappa shape index (κ3) is 1.48. The Labute approximate surface area is 73.7 Å². The molecule has 2 unspecified atom stereocenters. The van der Waals surface area contributed by atoms with Crippen LogP contribution in [0.4, 0.5) is 0 Å². The molecule has 68 valence electrons. The lowest BCUT2D eigenvalue weighted by molar-refractivity contribution is 0.145. The molecule has 0 bridgehead atoms. The van der Waals surface area contributed by atoms with Gasteiger partial charge in [0.2, 0.25) is 0 Å². The van der Waals surface area contributed by atoms with Gasteiger partial charge in [-0.3, -0.25) is 0 Å². The fourth-order valence-corrected chi connectivity index (χ4v) is 2.58. The molecule has 0 saturated heterocycles. The Kier molecular flexibility index (Phi) is 2.35. The summed E-state index contributed by atoms with van der Waals surface area (Å²) in [7, 11) is 0. The molecule has 2 N–H and O–H groups in total. The Morgan fingerprint density at radius 3 is 2.75 bits per heavy atom. The minimum absolute atomic E-state index is 0.863. The van der Waals surface area contributed by atoms with Gasteiger partial charge >= 0.3 is 0 Å². The SMILES string of the molecule is NOC1=CCC2CCCCC2C1. The molecule has 2 rings (SSSR count). The van der Waals surface area contributed by atoms with Crippen molar-refractivity contribution in [2.45, 2.75) is 38.5 Å². The highest BCUT2D eigenvalue weighted by atomic mass is 16.6. The van der Waals surface area contributed by atoms with E-state index in [4.69, 9.17) is 10.7 Å². The van der Waals surface area contributed by atoms with Gasteiger partial charge < -0.3 is 4.84 Å². The van der Waals surface area contributed by atoms with Crippen molar-refractivity contribution in [3.63, 3.8) is 0 Å². The van der Waals surface area contributed by atoms with Crippen molar-refractivity contribution in [3.8, 4) is 0 Å². The Morgan fingerprint density at radius 1 is 1.25 bits per heavy atom. The lowest BCUT2D eigenvalue weighted by Gasteiger charge is -2.34. The van der Waals surface area contributed by atoms with Crippen molar-refractivity contribution in [3.05, 3.63) is 11.8 Å². The zero-order chi connectivity index (χ0) is 8.39. The largest absolute Gasteiger partial charge is 0.416 e. The summed E-state index contributed by atoms with van der Waals surface area (Å²) in [5.74, 6) is 7.96. The van der Waals surface area contributed by atoms with Crippen LogP contribution in [-0.2, 0) is 4.84 Å². The van der Waals surface area contributed by atoms with E-state index in [0.717, 1.165) is 24.0 Å². The number of hydrogen-bond donors (Lipinski definition) is 1. The van der Waals surface area contributed by atoms with E-state index in [-0.39, 0.29) is 0 Å². The average Bonchev–Trinajstić information content (AvgIpc) is 2.17. The number of nitrogens with two attached hydrogens (primary N) is 1. The molecule has 2 nitrogen and oxygen atoms in total. The van der Waals surface area contributed by atoms with Gasteiger partial charge in [0, 0.05) is 6.42 Å². The van der Waals surface area contributed by atoms with E-state index in [2.05, 4.69) is 6.08 Å². The molecule has 0 heterocycles. The van der Waals surface area contributed by atoms with Gasteiger partial charge in [-0.2, -0.15) is 5.90 Å². The molecular formula is C10H17NO. The molecule has 1 fully saturated rings. The Bertz CT molecular complexity index is 188. The van der Waals surface area contributed by atoms with Gasteiger partial charge in [-0.25, -0.2) is 0 Å². The van der Waals surface area contributed by atoms with Crippen LogP contribution in [0.5, 0.6) is 0 Å². The first-order valence-corrected chi connectivity index (χ1v) is 4.96. The Balaban J connectivity index is 2.00. The highest BCUT2D eigenvalue weighted by Gasteiger charge is 2.28. The zero-order valence-electron chi connectivity index (χ0n) is 7.46. The summed E-state index contributed by atoms with van der Waals surface area (Å²) in [5.41, 5.74) is 0. The molecule has 0 aromatic carbocycles. The molecule has 0 spiro atoms. The van der Waals surface area contributed by atoms with E-state index in [0.29, 0.717) is 0 Å². The monoisotopic (exact) mass is 167 g/mol. The molecule has 0 aliphatic heterocycles. The average molecular weight is 167 g/mol. The maximum atomic E-state index is 5.16. The van der Waals surface area contributed by atoms with Crippen LogP contribution >= 0.6 is 0 Å². The predicted molar refractivity (Wildman–Crippen MR) is 48.0 cm³/mol. The van der Waals surface area contributed by atoms with E-state index in [1.807, 2.05) is 0 Å². The predicted octanol–water partition coefficient (Wildman–Crippen LogP) is 2.36. The van der Waals surface area contributed by atoms with Gasteiger partial charge in [-0.05, 0) is 37.2 Å². The summed E-state index contributed by atoms with van der Waals surface area (Å²) >= 11 is 0. The van der Waals surface area contributed by atoms with Gasteiger partial charge in [0.05, 0.1) is 0 Å². The number of allylic oxidation sites excluding steroid dienone is 2. The maximum Gasteiger partial charge on any atom is 0.120 e. The number of hydrogen-bond acceptors (Lipinski definition) is 2. The second-order valence-electron chi connectivity index (χ2n) is 4.03. The van der Waals surface area contributed by atoms with E-state index >= 15 is 0 Å². The van der Waals surface area contributed by atoms with E-state index < -0.39 is 0 Å². The maximum absolute atomic E-state index is 5.16. The third-order valence-corrected chi connectivity index (χ3v) is 3.33. The molecule has 0 aromatic heterocycles. The van der Waals surface area contributed by atoms with Gasteiger partial charge in [0.1, 0.15) is 5.76 Å². The van der Waals surface area contributed by atoms with Gasteiger partial charge in [-0.1, -0.05) is 12.8 Å². The van der Waals surface area contributed by atoms with E-state index in [1.54, 1.807) is 0 Å². The molecule has 12 heavy (non-hydrogen) atoms. The molecule has 0 aromatic rings. The Morgan fingerprint density at radius 2 is 2.00 bits per heavy atom. The number of rotatable bonds is 1. The molecular weight excluding hydrogens is 150 g/mol. The van der Waals surface area contributed by atoms with Crippen LogP contribution in [0.15, 0.2) is 11.8 Å². The molecule has 2 aliphatic carbocycles. The first-order chi connectivity index (χ1) is 5.90. The third-order valence-electron chi connectivity index (χ3n) is 3.33. The quantitative estimate of drug-likeness (QED) is 0.608. The van der Waals surface area contributed by atoms with Crippen molar-refractivity contribution in [2.75, 3.05) is 0 Å². The molecule has 0 radical (unpaired) electrons. The summed E-state index contributed by atoms with van der Waals surface area (Å²) in [6, 6.07) is 0. The molecule has 0 amide bonds. The minimum atomic E-state index is 0.863. The summed E-state index contributed by atoms with van der Waals surface area (Å²) in [6.45, 7) is 0. The van der Waals surface area contributed by atoms with E-state index in [9.17, 15) is 0 Å². The first-order valence-electron chi connectivity index (χ1n) is 4.96. The van der Waals surface area contributed by atoms with E-state index in [1.165, 1.54) is 32.1 Å². The van der Waals surface area contributed by atoms with Crippen LogP contribution in [0.25, 0.3) is 0 Å². The highest BCUT2D eigenvalue weighted by molar-refractivity contribution is 5.02. The standard InChI is InChI=1S/C10H17NO/c11-12-10-6-5-8-3-1-2-4-9(8)7-10/h6,8-9H,1-5,7,11H2. The topological polar surface area (TPSA) is 35.2 Å². The fourth-order valence-electron chi connectivity index (χ4n) is 2.58. The lowest BCUT2D eigenvalue weighted by atomic mass is 9.73. The second-order valence-corrected chi connectivity index (χ2v) is 4.03. The van der Waals surface area contributed by atoms with Crippen LogP contribution in [-0.4, -0.2) is 0 Å². The molecule has 1 saturated carbocycles. The van der Waals surface area contributed by atoms with Crippen LogP contribution in [0, 0.1) is 11.8 Å². The van der Waals surface area contributed by atoms with Gasteiger partial charge in [-0.15, -0.1) is 0 Å². The molecule has 2 aliphatic rings. The van der Waals surface area contributed by atoms with Crippen molar-refractivity contribution < 1.29 is 4.84 Å². The second kappa shape index (κ2) is 3.48. The van der Waals surface area contributed by atoms with Gasteiger partial charge in [0.15, 0.2) is 0 Å². The van der Waals surface area contributed by atoms with Crippen LogP contribution < -0.4 is 5.90 Å². The summed E-state index contributed by atoms with van der Waals surface area (Å²) in [5, 5.41) is 0.